The summed E-state index contributed by atoms with van der Waals surface area (Å²) in [5.41, 5.74) is 0. The van der Waals surface area contributed by atoms with Crippen LogP contribution in [0.5, 0.6) is 0 Å². The maximum Gasteiger partial charge on any atom is 0.211 e. The van der Waals surface area contributed by atoms with Gasteiger partial charge in [0.25, 0.3) is 0 Å². The first-order valence-electron chi connectivity index (χ1n) is 5.02. The Morgan fingerprint density at radius 2 is 2.00 bits per heavy atom. The molecule has 0 spiro atoms. The van der Waals surface area contributed by atoms with Gasteiger partial charge in [-0.25, -0.2) is 8.42 Å². The second-order valence-corrected chi connectivity index (χ2v) is 6.38. The molecule has 0 aliphatic carbocycles. The zero-order valence-corrected chi connectivity index (χ0v) is 10.1. The Morgan fingerprint density at radius 1 is 1.43 bits per heavy atom. The van der Waals surface area contributed by atoms with Crippen LogP contribution in [0.2, 0.25) is 0 Å². The second kappa shape index (κ2) is 4.16. The van der Waals surface area contributed by atoms with Crippen molar-refractivity contribution in [2.45, 2.75) is 32.9 Å². The monoisotopic (exact) mass is 220 g/mol. The molecule has 1 fully saturated rings. The van der Waals surface area contributed by atoms with Crippen molar-refractivity contribution >= 4 is 10.0 Å². The van der Waals surface area contributed by atoms with E-state index in [2.05, 4.69) is 19.2 Å². The number of piperazine rings is 1. The van der Waals surface area contributed by atoms with Gasteiger partial charge in [-0.2, -0.15) is 4.31 Å². The molecule has 0 bridgehead atoms. The van der Waals surface area contributed by atoms with Crippen LogP contribution in [0.4, 0.5) is 0 Å². The first kappa shape index (κ1) is 11.9. The Hall–Kier alpha value is -0.130. The average molecular weight is 220 g/mol. The molecule has 0 radical (unpaired) electrons. The zero-order chi connectivity index (χ0) is 10.9. The van der Waals surface area contributed by atoms with Gasteiger partial charge in [0, 0.05) is 25.2 Å². The van der Waals surface area contributed by atoms with E-state index in [9.17, 15) is 8.42 Å². The van der Waals surface area contributed by atoms with Gasteiger partial charge in [0.1, 0.15) is 0 Å². The number of rotatable bonds is 2. The van der Waals surface area contributed by atoms with Gasteiger partial charge in [-0.05, 0) is 12.8 Å². The molecule has 0 amide bonds. The summed E-state index contributed by atoms with van der Waals surface area (Å²) in [6, 6.07) is 0.348. The molecule has 14 heavy (non-hydrogen) atoms. The minimum Gasteiger partial charge on any atom is -0.311 e. The molecular formula is C9H20N2O2S. The molecule has 84 valence electrons. The van der Waals surface area contributed by atoms with Crippen LogP contribution in [0.25, 0.3) is 0 Å². The lowest BCUT2D eigenvalue weighted by molar-refractivity contribution is 0.207. The molecule has 1 N–H and O–H groups in total. The Kier molecular flexibility index (Phi) is 3.55. The van der Waals surface area contributed by atoms with Crippen LogP contribution < -0.4 is 5.32 Å². The van der Waals surface area contributed by atoms with E-state index in [4.69, 9.17) is 0 Å². The lowest BCUT2D eigenvalue weighted by Crippen LogP contribution is -2.58. The molecule has 2 atom stereocenters. The SMILES string of the molecule is CC(C)C1CN(S(C)(=O)=O)C(C)CN1. The Bertz CT molecular complexity index is 287. The topological polar surface area (TPSA) is 49.4 Å². The fourth-order valence-electron chi connectivity index (χ4n) is 1.77. The highest BCUT2D eigenvalue weighted by atomic mass is 32.2. The molecule has 0 aromatic heterocycles. The Balaban J connectivity index is 2.75. The summed E-state index contributed by atoms with van der Waals surface area (Å²) in [5, 5.41) is 3.36. The second-order valence-electron chi connectivity index (χ2n) is 4.44. The van der Waals surface area contributed by atoms with Gasteiger partial charge in [0.2, 0.25) is 10.0 Å². The smallest absolute Gasteiger partial charge is 0.211 e. The van der Waals surface area contributed by atoms with Crippen LogP contribution in [-0.4, -0.2) is 44.2 Å². The summed E-state index contributed by atoms with van der Waals surface area (Å²) in [6.07, 6.45) is 1.28. The van der Waals surface area contributed by atoms with Crippen molar-refractivity contribution in [3.8, 4) is 0 Å². The Morgan fingerprint density at radius 3 is 2.43 bits per heavy atom. The largest absolute Gasteiger partial charge is 0.311 e. The molecular weight excluding hydrogens is 200 g/mol. The molecule has 2 unspecified atom stereocenters. The molecule has 0 aromatic rings. The number of sulfonamides is 1. The maximum atomic E-state index is 11.5. The van der Waals surface area contributed by atoms with E-state index >= 15 is 0 Å². The Labute approximate surface area is 86.7 Å². The molecule has 1 saturated heterocycles. The molecule has 1 rings (SSSR count). The minimum atomic E-state index is -3.05. The third kappa shape index (κ3) is 2.68. The van der Waals surface area contributed by atoms with E-state index in [0.29, 0.717) is 12.5 Å². The highest BCUT2D eigenvalue weighted by Gasteiger charge is 2.31. The predicted molar refractivity (Wildman–Crippen MR) is 57.6 cm³/mol. The van der Waals surface area contributed by atoms with Crippen molar-refractivity contribution in [2.75, 3.05) is 19.3 Å². The van der Waals surface area contributed by atoms with E-state index in [1.807, 2.05) is 6.92 Å². The summed E-state index contributed by atoms with van der Waals surface area (Å²) in [4.78, 5) is 0. The normalized spacial score (nSPS) is 30.9. The maximum absolute atomic E-state index is 11.5. The fraction of sp³-hybridized carbons (Fsp3) is 1.00. The number of nitrogens with one attached hydrogen (secondary N) is 1. The van der Waals surface area contributed by atoms with Crippen LogP contribution in [0.1, 0.15) is 20.8 Å². The minimum absolute atomic E-state index is 0.0694. The van der Waals surface area contributed by atoms with E-state index in [-0.39, 0.29) is 12.1 Å². The molecule has 0 saturated carbocycles. The lowest BCUT2D eigenvalue weighted by atomic mass is 10.0. The zero-order valence-electron chi connectivity index (χ0n) is 9.32. The lowest BCUT2D eigenvalue weighted by Gasteiger charge is -2.38. The third-order valence-corrected chi connectivity index (χ3v) is 4.14. The van der Waals surface area contributed by atoms with E-state index in [1.54, 1.807) is 4.31 Å². The number of hydrogen-bond donors (Lipinski definition) is 1. The van der Waals surface area contributed by atoms with Gasteiger partial charge in [-0.3, -0.25) is 0 Å². The molecule has 5 heteroatoms. The van der Waals surface area contributed by atoms with Crippen molar-refractivity contribution in [2.24, 2.45) is 5.92 Å². The first-order valence-corrected chi connectivity index (χ1v) is 6.87. The highest BCUT2D eigenvalue weighted by molar-refractivity contribution is 7.88. The highest BCUT2D eigenvalue weighted by Crippen LogP contribution is 2.15. The standard InChI is InChI=1S/C9H20N2O2S/c1-7(2)9-6-11(14(4,12)13)8(3)5-10-9/h7-10H,5-6H2,1-4H3. The van der Waals surface area contributed by atoms with Crippen LogP contribution >= 0.6 is 0 Å². The summed E-state index contributed by atoms with van der Waals surface area (Å²) in [6.45, 7) is 7.49. The quantitative estimate of drug-likeness (QED) is 0.726. The van der Waals surface area contributed by atoms with Crippen molar-refractivity contribution < 1.29 is 8.42 Å². The summed E-state index contributed by atoms with van der Waals surface area (Å²) in [7, 11) is -3.05. The van der Waals surface area contributed by atoms with Gasteiger partial charge < -0.3 is 5.32 Å². The average Bonchev–Trinajstić information content (AvgIpc) is 2.02. The molecule has 0 aromatic carbocycles. The summed E-state index contributed by atoms with van der Waals surface area (Å²) in [5.74, 6) is 0.465. The van der Waals surface area contributed by atoms with Crippen molar-refractivity contribution in [1.29, 1.82) is 0 Å². The van der Waals surface area contributed by atoms with Crippen LogP contribution in [0.3, 0.4) is 0 Å². The van der Waals surface area contributed by atoms with Crippen LogP contribution in [-0.2, 0) is 10.0 Å². The predicted octanol–water partition coefficient (Wildman–Crippen LogP) is 0.264. The molecule has 4 nitrogen and oxygen atoms in total. The van der Waals surface area contributed by atoms with Crippen LogP contribution in [0, 0.1) is 5.92 Å². The van der Waals surface area contributed by atoms with Crippen molar-refractivity contribution in [3.05, 3.63) is 0 Å². The first-order chi connectivity index (χ1) is 6.32. The summed E-state index contributed by atoms with van der Waals surface area (Å²) >= 11 is 0. The van der Waals surface area contributed by atoms with Gasteiger partial charge in [-0.1, -0.05) is 13.8 Å². The molecule has 1 heterocycles. The van der Waals surface area contributed by atoms with Crippen molar-refractivity contribution in [3.63, 3.8) is 0 Å². The van der Waals surface area contributed by atoms with Gasteiger partial charge in [0.05, 0.1) is 6.26 Å². The van der Waals surface area contributed by atoms with Gasteiger partial charge >= 0.3 is 0 Å². The van der Waals surface area contributed by atoms with E-state index in [0.717, 1.165) is 6.54 Å². The van der Waals surface area contributed by atoms with Gasteiger partial charge in [0.15, 0.2) is 0 Å². The summed E-state index contributed by atoms with van der Waals surface area (Å²) < 4.78 is 24.5. The van der Waals surface area contributed by atoms with Gasteiger partial charge in [-0.15, -0.1) is 0 Å². The number of hydrogen-bond acceptors (Lipinski definition) is 3. The van der Waals surface area contributed by atoms with Crippen molar-refractivity contribution in [1.82, 2.24) is 9.62 Å². The van der Waals surface area contributed by atoms with Crippen LogP contribution in [0.15, 0.2) is 0 Å². The molecule has 1 aliphatic rings. The fourth-order valence-corrected chi connectivity index (χ4v) is 2.93. The molecule has 1 aliphatic heterocycles. The third-order valence-electron chi connectivity index (χ3n) is 2.77. The number of nitrogens with zero attached hydrogens (tertiary/aromatic N) is 1. The van der Waals surface area contributed by atoms with E-state index in [1.165, 1.54) is 6.26 Å². The van der Waals surface area contributed by atoms with E-state index < -0.39 is 10.0 Å².